The maximum atomic E-state index is 12.8. The van der Waals surface area contributed by atoms with Gasteiger partial charge in [-0.2, -0.15) is 4.57 Å². The van der Waals surface area contributed by atoms with Crippen LogP contribution in [-0.2, 0) is 16.0 Å². The maximum absolute atomic E-state index is 12.8. The molecule has 3 aromatic carbocycles. The molecular formula is C38H48N5O6+. The molecule has 5 N–H and O–H groups in total. The Morgan fingerprint density at radius 2 is 1.67 bits per heavy atom. The number of H-pyrrole nitrogens is 1. The molecule has 1 heterocycles. The summed E-state index contributed by atoms with van der Waals surface area (Å²) in [5.41, 5.74) is 11.4. The van der Waals surface area contributed by atoms with Crippen molar-refractivity contribution in [1.82, 2.24) is 15.6 Å². The van der Waals surface area contributed by atoms with Gasteiger partial charge in [-0.3, -0.25) is 4.79 Å². The van der Waals surface area contributed by atoms with Crippen LogP contribution < -0.4 is 25.7 Å². The predicted octanol–water partition coefficient (Wildman–Crippen LogP) is 5.65. The number of nitrogens with zero attached hydrogens (tertiary/aromatic N) is 1. The summed E-state index contributed by atoms with van der Waals surface area (Å²) in [4.78, 5) is 40.7. The highest BCUT2D eigenvalue weighted by atomic mass is 16.6. The number of hydrogen-bond acceptors (Lipinski definition) is 7. The van der Waals surface area contributed by atoms with Gasteiger partial charge in [-0.1, -0.05) is 36.4 Å². The van der Waals surface area contributed by atoms with Crippen molar-refractivity contribution in [3.8, 4) is 22.7 Å². The van der Waals surface area contributed by atoms with Crippen LogP contribution in [-0.4, -0.2) is 55.9 Å². The molecule has 11 heteroatoms. The summed E-state index contributed by atoms with van der Waals surface area (Å²) < 4.78 is 18.0. The van der Waals surface area contributed by atoms with Crippen LogP contribution in [0.4, 0.5) is 4.79 Å². The molecule has 49 heavy (non-hydrogen) atoms. The van der Waals surface area contributed by atoms with Crippen molar-refractivity contribution < 1.29 is 33.2 Å². The summed E-state index contributed by atoms with van der Waals surface area (Å²) in [6, 6.07) is 19.1. The molecule has 0 saturated heterocycles. The highest BCUT2D eigenvalue weighted by molar-refractivity contribution is 5.93. The Kier molecular flexibility index (Phi) is 12.2. The second kappa shape index (κ2) is 16.3. The normalized spacial score (nSPS) is 11.9. The van der Waals surface area contributed by atoms with Crippen molar-refractivity contribution in [2.24, 2.45) is 5.73 Å². The highest BCUT2D eigenvalue weighted by Gasteiger charge is 2.31. The van der Waals surface area contributed by atoms with E-state index >= 15 is 0 Å². The van der Waals surface area contributed by atoms with Crippen LogP contribution in [0.2, 0.25) is 0 Å². The van der Waals surface area contributed by atoms with Crippen LogP contribution in [0.1, 0.15) is 82.8 Å². The molecule has 0 spiro atoms. The van der Waals surface area contributed by atoms with Crippen molar-refractivity contribution in [2.45, 2.75) is 65.5 Å². The average molecular weight is 671 g/mol. The molecule has 11 nitrogen and oxygen atoms in total. The van der Waals surface area contributed by atoms with E-state index in [1.807, 2.05) is 77.2 Å². The van der Waals surface area contributed by atoms with Gasteiger partial charge in [0, 0.05) is 24.2 Å². The predicted molar refractivity (Wildman–Crippen MR) is 188 cm³/mol. The standard InChI is InChI=1S/C38H47N5O6/c1-24-18-29(34(39)44)19-25(2)33(24)43-31(27-12-9-8-10-13-27)23-41-35(43)28(22-42-37(46)49-38(3,4)5)14-11-17-40-21-26-15-16-32(47-6)30(20-26)36(45)48-7/h8-10,12-13,15-16,18-20,23,28,40H,11,14,17,21-22H2,1-7H3,(H3,39,42,44,46)/p+1/t28-/m0/s1. The van der Waals surface area contributed by atoms with Gasteiger partial charge in [-0.05, 0) is 95.0 Å². The molecule has 0 radical (unpaired) electrons. The maximum Gasteiger partial charge on any atom is 0.407 e. The smallest absolute Gasteiger partial charge is 0.407 e. The summed E-state index contributed by atoms with van der Waals surface area (Å²) in [5, 5.41) is 6.46. The summed E-state index contributed by atoms with van der Waals surface area (Å²) in [7, 11) is 2.86. The summed E-state index contributed by atoms with van der Waals surface area (Å²) >= 11 is 0. The van der Waals surface area contributed by atoms with E-state index in [-0.39, 0.29) is 5.92 Å². The van der Waals surface area contributed by atoms with Gasteiger partial charge >= 0.3 is 12.1 Å². The molecule has 0 aliphatic rings. The molecule has 4 aromatic rings. The number of esters is 1. The molecule has 1 atom stereocenters. The topological polar surface area (TPSA) is 149 Å². The zero-order chi connectivity index (χ0) is 35.7. The number of aromatic nitrogens is 2. The summed E-state index contributed by atoms with van der Waals surface area (Å²) in [6.45, 7) is 11.0. The van der Waals surface area contributed by atoms with E-state index < -0.39 is 23.6 Å². The fourth-order valence-electron chi connectivity index (χ4n) is 5.91. The van der Waals surface area contributed by atoms with Crippen molar-refractivity contribution in [1.29, 1.82) is 0 Å². The van der Waals surface area contributed by atoms with E-state index in [9.17, 15) is 14.4 Å². The van der Waals surface area contributed by atoms with Crippen LogP contribution in [0.5, 0.6) is 5.75 Å². The number of imidazole rings is 1. The van der Waals surface area contributed by atoms with Crippen LogP contribution in [0.15, 0.2) is 66.9 Å². The molecule has 4 rings (SSSR count). The first-order valence-corrected chi connectivity index (χ1v) is 16.4. The summed E-state index contributed by atoms with van der Waals surface area (Å²) in [5.74, 6) is 0.269. The van der Waals surface area contributed by atoms with Gasteiger partial charge in [0.05, 0.1) is 20.1 Å². The number of nitrogens with two attached hydrogens (primary N) is 1. The van der Waals surface area contributed by atoms with Crippen LogP contribution in [0, 0.1) is 13.8 Å². The summed E-state index contributed by atoms with van der Waals surface area (Å²) in [6.07, 6.45) is 2.98. The Labute approximate surface area is 288 Å². The Morgan fingerprint density at radius 3 is 2.29 bits per heavy atom. The lowest BCUT2D eigenvalue weighted by Gasteiger charge is -2.21. The number of benzene rings is 3. The average Bonchev–Trinajstić information content (AvgIpc) is 3.49. The van der Waals surface area contributed by atoms with E-state index in [2.05, 4.69) is 32.3 Å². The van der Waals surface area contributed by atoms with Gasteiger partial charge in [-0.25, -0.2) is 14.6 Å². The number of carbonyl (C=O) groups is 3. The third-order valence-electron chi connectivity index (χ3n) is 8.09. The van der Waals surface area contributed by atoms with Gasteiger partial charge in [0.25, 0.3) is 5.82 Å². The minimum atomic E-state index is -0.637. The molecule has 1 aromatic heterocycles. The fourth-order valence-corrected chi connectivity index (χ4v) is 5.91. The number of methoxy groups -OCH3 is 2. The number of primary amides is 1. The lowest BCUT2D eigenvalue weighted by molar-refractivity contribution is -0.594. The first kappa shape index (κ1) is 36.7. The molecule has 0 fully saturated rings. The van der Waals surface area contributed by atoms with Crippen LogP contribution in [0.25, 0.3) is 16.9 Å². The van der Waals surface area contributed by atoms with Crippen molar-refractivity contribution in [3.05, 3.63) is 101 Å². The third kappa shape index (κ3) is 9.48. The second-order valence-electron chi connectivity index (χ2n) is 13.0. The number of rotatable bonds is 14. The second-order valence-corrected chi connectivity index (χ2v) is 13.0. The number of aromatic amines is 1. The molecule has 2 amide bonds. The van der Waals surface area contributed by atoms with Crippen molar-refractivity contribution in [2.75, 3.05) is 27.3 Å². The zero-order valence-electron chi connectivity index (χ0n) is 29.4. The van der Waals surface area contributed by atoms with Gasteiger partial charge in [-0.15, -0.1) is 0 Å². The molecular weight excluding hydrogens is 622 g/mol. The van der Waals surface area contributed by atoms with E-state index in [0.29, 0.717) is 42.9 Å². The number of aryl methyl sites for hydroxylation is 2. The first-order chi connectivity index (χ1) is 23.3. The molecule has 0 saturated carbocycles. The lowest BCUT2D eigenvalue weighted by atomic mass is 9.99. The van der Waals surface area contributed by atoms with Crippen LogP contribution in [0.3, 0.4) is 0 Å². The Bertz CT molecular complexity index is 1750. The number of nitrogens with one attached hydrogen (secondary N) is 3. The minimum Gasteiger partial charge on any atom is -0.496 e. The zero-order valence-corrected chi connectivity index (χ0v) is 29.4. The van der Waals surface area contributed by atoms with Gasteiger partial charge in [0.15, 0.2) is 5.69 Å². The van der Waals surface area contributed by atoms with Crippen LogP contribution >= 0.6 is 0 Å². The van der Waals surface area contributed by atoms with Gasteiger partial charge < -0.3 is 30.6 Å². The SMILES string of the molecule is COC(=O)c1cc(CNCCC[C@@H](CNC(=O)OC(C)(C)C)c2[nH]cc(-c3ccccc3)[n+]2-c2c(C)cc(C(N)=O)cc2C)ccc1OC. The van der Waals surface area contributed by atoms with E-state index in [4.69, 9.17) is 19.9 Å². The minimum absolute atomic E-state index is 0.145. The largest absolute Gasteiger partial charge is 0.496 e. The molecule has 0 bridgehead atoms. The van der Waals surface area contributed by atoms with Crippen molar-refractivity contribution in [3.63, 3.8) is 0 Å². The molecule has 0 aliphatic heterocycles. The number of alkyl carbamates (subject to hydrolysis) is 1. The van der Waals surface area contributed by atoms with E-state index in [1.54, 1.807) is 12.1 Å². The molecule has 0 aliphatic carbocycles. The fraction of sp³-hybridized carbons (Fsp3) is 0.368. The van der Waals surface area contributed by atoms with E-state index in [0.717, 1.165) is 45.9 Å². The number of carbonyl (C=O) groups excluding carboxylic acids is 3. The molecule has 0 unspecified atom stereocenters. The number of ether oxygens (including phenoxy) is 3. The highest BCUT2D eigenvalue weighted by Crippen LogP contribution is 2.27. The Morgan fingerprint density at radius 1 is 0.980 bits per heavy atom. The third-order valence-corrected chi connectivity index (χ3v) is 8.09. The van der Waals surface area contributed by atoms with E-state index in [1.165, 1.54) is 14.2 Å². The number of amides is 2. The molecule has 260 valence electrons. The first-order valence-electron chi connectivity index (χ1n) is 16.4. The Hall–Kier alpha value is -5.16. The monoisotopic (exact) mass is 670 g/mol. The Balaban J connectivity index is 1.64. The quantitative estimate of drug-likeness (QED) is 0.0770. The van der Waals surface area contributed by atoms with Gasteiger partial charge in [0.1, 0.15) is 28.8 Å². The number of hydrogen-bond donors (Lipinski definition) is 4. The lowest BCUT2D eigenvalue weighted by Crippen LogP contribution is -2.42. The van der Waals surface area contributed by atoms with Crippen molar-refractivity contribution >= 4 is 18.0 Å². The van der Waals surface area contributed by atoms with Gasteiger partial charge in [0.2, 0.25) is 5.91 Å².